The first-order valence-corrected chi connectivity index (χ1v) is 6.24. The van der Waals surface area contributed by atoms with Gasteiger partial charge in [0.05, 0.1) is 11.6 Å². The topological polar surface area (TPSA) is 35.2 Å². The van der Waals surface area contributed by atoms with Crippen LogP contribution >= 0.6 is 12.2 Å². The smallest absolute Gasteiger partial charge is 0.125 e. The van der Waals surface area contributed by atoms with Crippen LogP contribution in [-0.2, 0) is 5.41 Å². The lowest BCUT2D eigenvalue weighted by Crippen LogP contribution is -2.17. The molecule has 0 spiro atoms. The maximum Gasteiger partial charge on any atom is 0.125 e. The highest BCUT2D eigenvalue weighted by Crippen LogP contribution is 2.33. The third-order valence-electron chi connectivity index (χ3n) is 2.61. The summed E-state index contributed by atoms with van der Waals surface area (Å²) in [5.41, 5.74) is 7.92. The monoisotopic (exact) mass is 251 g/mol. The Morgan fingerprint density at radius 3 is 2.53 bits per heavy atom. The number of ether oxygens (including phenoxy) is 1. The molecule has 0 heterocycles. The van der Waals surface area contributed by atoms with Crippen molar-refractivity contribution in [3.63, 3.8) is 0 Å². The third kappa shape index (κ3) is 4.00. The van der Waals surface area contributed by atoms with Gasteiger partial charge in [-0.1, -0.05) is 51.2 Å². The summed E-state index contributed by atoms with van der Waals surface area (Å²) in [6.07, 6.45) is 0.618. The lowest BCUT2D eigenvalue weighted by atomic mass is 9.85. The summed E-state index contributed by atoms with van der Waals surface area (Å²) in [5, 5.41) is 0. The molecule has 1 rings (SSSR count). The van der Waals surface area contributed by atoms with E-state index in [4.69, 9.17) is 22.7 Å². The van der Waals surface area contributed by atoms with E-state index in [1.54, 1.807) is 0 Å². The van der Waals surface area contributed by atoms with Crippen molar-refractivity contribution in [1.82, 2.24) is 0 Å². The molecule has 0 saturated carbocycles. The molecule has 3 heteroatoms. The van der Waals surface area contributed by atoms with Crippen molar-refractivity contribution in [3.05, 3.63) is 29.3 Å². The second kappa shape index (κ2) is 5.50. The molecule has 1 aromatic carbocycles. The van der Waals surface area contributed by atoms with Gasteiger partial charge in [-0.2, -0.15) is 0 Å². The predicted octanol–water partition coefficient (Wildman–Crippen LogP) is 3.35. The van der Waals surface area contributed by atoms with Crippen molar-refractivity contribution >= 4 is 17.2 Å². The van der Waals surface area contributed by atoms with Gasteiger partial charge in [0.1, 0.15) is 5.75 Å². The number of hydrogen-bond acceptors (Lipinski definition) is 2. The summed E-state index contributed by atoms with van der Waals surface area (Å²) in [6, 6.07) is 6.24. The Bertz CT molecular complexity index is 407. The highest BCUT2D eigenvalue weighted by atomic mass is 32.1. The van der Waals surface area contributed by atoms with Crippen LogP contribution in [-0.4, -0.2) is 11.6 Å². The first-order chi connectivity index (χ1) is 7.82. The fraction of sp³-hybridized carbons (Fsp3) is 0.500. The molecule has 0 radical (unpaired) electrons. The molecule has 0 unspecified atom stereocenters. The van der Waals surface area contributed by atoms with E-state index in [0.717, 1.165) is 11.3 Å². The second-order valence-electron chi connectivity index (χ2n) is 5.27. The number of benzene rings is 1. The molecular formula is C14H21NOS. The van der Waals surface area contributed by atoms with E-state index >= 15 is 0 Å². The zero-order valence-electron chi connectivity index (χ0n) is 11.0. The van der Waals surface area contributed by atoms with Crippen LogP contribution in [0.2, 0.25) is 0 Å². The van der Waals surface area contributed by atoms with Crippen molar-refractivity contribution in [2.45, 2.75) is 39.5 Å². The molecule has 0 fully saturated rings. The molecule has 0 atom stereocenters. The Labute approximate surface area is 109 Å². The molecule has 0 aliphatic carbocycles. The molecule has 1 aromatic rings. The largest absolute Gasteiger partial charge is 0.493 e. The van der Waals surface area contributed by atoms with Gasteiger partial charge in [0.15, 0.2) is 0 Å². The molecule has 2 N–H and O–H groups in total. The van der Waals surface area contributed by atoms with Crippen LogP contribution in [0.4, 0.5) is 0 Å². The van der Waals surface area contributed by atoms with Crippen molar-refractivity contribution in [1.29, 1.82) is 0 Å². The maximum atomic E-state index is 5.84. The molecule has 0 amide bonds. The molecule has 0 aliphatic rings. The summed E-state index contributed by atoms with van der Waals surface area (Å²) in [4.78, 5) is 0.496. The summed E-state index contributed by atoms with van der Waals surface area (Å²) >= 11 is 4.85. The van der Waals surface area contributed by atoms with E-state index in [0.29, 0.717) is 18.0 Å². The zero-order valence-corrected chi connectivity index (χ0v) is 11.9. The van der Waals surface area contributed by atoms with Crippen LogP contribution in [0.5, 0.6) is 5.75 Å². The average molecular weight is 251 g/mol. The van der Waals surface area contributed by atoms with Gasteiger partial charge in [0, 0.05) is 6.42 Å². The van der Waals surface area contributed by atoms with Crippen LogP contribution in [0, 0.1) is 6.92 Å². The minimum absolute atomic E-state index is 0.0740. The van der Waals surface area contributed by atoms with E-state index in [1.807, 2.05) is 0 Å². The Hall–Kier alpha value is -1.09. The highest BCUT2D eigenvalue weighted by Gasteiger charge is 2.19. The summed E-state index contributed by atoms with van der Waals surface area (Å²) in [7, 11) is 0. The van der Waals surface area contributed by atoms with E-state index < -0.39 is 0 Å². The molecule has 0 aliphatic heterocycles. The number of thiocarbonyl (C=S) groups is 1. The van der Waals surface area contributed by atoms with Crippen LogP contribution in [0.15, 0.2) is 18.2 Å². The predicted molar refractivity (Wildman–Crippen MR) is 76.8 cm³/mol. The third-order valence-corrected chi connectivity index (χ3v) is 2.82. The first-order valence-electron chi connectivity index (χ1n) is 5.83. The number of nitrogens with two attached hydrogens (primary N) is 1. The van der Waals surface area contributed by atoms with E-state index in [1.165, 1.54) is 5.56 Å². The zero-order chi connectivity index (χ0) is 13.1. The van der Waals surface area contributed by atoms with Crippen LogP contribution < -0.4 is 10.5 Å². The normalized spacial score (nSPS) is 11.3. The number of aryl methyl sites for hydroxylation is 1. The standard InChI is InChI=1S/C14H21NOS/c1-10-6-5-7-11(14(2,3)4)13(10)16-9-8-12(15)17/h5-7H,8-9H2,1-4H3,(H2,15,17). The molecule has 0 aromatic heterocycles. The summed E-state index contributed by atoms with van der Waals surface area (Å²) in [5.74, 6) is 0.969. The molecule has 0 bridgehead atoms. The fourth-order valence-electron chi connectivity index (χ4n) is 1.69. The summed E-state index contributed by atoms with van der Waals surface area (Å²) < 4.78 is 5.84. The molecule has 17 heavy (non-hydrogen) atoms. The van der Waals surface area contributed by atoms with E-state index in [9.17, 15) is 0 Å². The van der Waals surface area contributed by atoms with Crippen LogP contribution in [0.1, 0.15) is 38.3 Å². The Kier molecular flexibility index (Phi) is 4.52. The molecule has 2 nitrogen and oxygen atoms in total. The van der Waals surface area contributed by atoms with Crippen molar-refractivity contribution < 1.29 is 4.74 Å². The Balaban J connectivity index is 2.92. The van der Waals surface area contributed by atoms with E-state index in [-0.39, 0.29) is 5.41 Å². The van der Waals surface area contributed by atoms with Gasteiger partial charge >= 0.3 is 0 Å². The number of para-hydroxylation sites is 1. The van der Waals surface area contributed by atoms with Crippen molar-refractivity contribution in [3.8, 4) is 5.75 Å². The minimum Gasteiger partial charge on any atom is -0.493 e. The van der Waals surface area contributed by atoms with Crippen molar-refractivity contribution in [2.24, 2.45) is 5.73 Å². The van der Waals surface area contributed by atoms with Gasteiger partial charge in [0.2, 0.25) is 0 Å². The number of hydrogen-bond donors (Lipinski definition) is 1. The van der Waals surface area contributed by atoms with Crippen molar-refractivity contribution in [2.75, 3.05) is 6.61 Å². The highest BCUT2D eigenvalue weighted by molar-refractivity contribution is 7.80. The summed E-state index contributed by atoms with van der Waals surface area (Å²) in [6.45, 7) is 9.15. The van der Waals surface area contributed by atoms with Gasteiger partial charge in [-0.15, -0.1) is 0 Å². The fourth-order valence-corrected chi connectivity index (χ4v) is 1.77. The Morgan fingerprint density at radius 1 is 1.35 bits per heavy atom. The lowest BCUT2D eigenvalue weighted by Gasteiger charge is -2.24. The minimum atomic E-state index is 0.0740. The van der Waals surface area contributed by atoms with E-state index in [2.05, 4.69) is 45.9 Å². The van der Waals surface area contributed by atoms with Gasteiger partial charge in [0.25, 0.3) is 0 Å². The van der Waals surface area contributed by atoms with Crippen LogP contribution in [0.25, 0.3) is 0 Å². The van der Waals surface area contributed by atoms with Gasteiger partial charge in [-0.3, -0.25) is 0 Å². The molecule has 94 valence electrons. The van der Waals surface area contributed by atoms with Gasteiger partial charge < -0.3 is 10.5 Å². The SMILES string of the molecule is Cc1cccc(C(C)(C)C)c1OCCC(N)=S. The van der Waals surface area contributed by atoms with Crippen LogP contribution in [0.3, 0.4) is 0 Å². The average Bonchev–Trinajstić information content (AvgIpc) is 2.18. The second-order valence-corrected chi connectivity index (χ2v) is 5.79. The van der Waals surface area contributed by atoms with Gasteiger partial charge in [-0.05, 0) is 23.5 Å². The molecular weight excluding hydrogens is 230 g/mol. The quantitative estimate of drug-likeness (QED) is 0.834. The molecule has 0 saturated heterocycles. The first kappa shape index (κ1) is 14.0. The number of rotatable bonds is 4. The lowest BCUT2D eigenvalue weighted by molar-refractivity contribution is 0.317. The van der Waals surface area contributed by atoms with Gasteiger partial charge in [-0.25, -0.2) is 0 Å². The maximum absolute atomic E-state index is 5.84. The Morgan fingerprint density at radius 2 is 2.00 bits per heavy atom.